The van der Waals surface area contributed by atoms with Gasteiger partial charge in [0.15, 0.2) is 0 Å². The lowest BCUT2D eigenvalue weighted by atomic mass is 9.80. The van der Waals surface area contributed by atoms with Crippen LogP contribution in [0.15, 0.2) is 18.2 Å². The highest BCUT2D eigenvalue weighted by molar-refractivity contribution is 5.91. The summed E-state index contributed by atoms with van der Waals surface area (Å²) in [6.07, 6.45) is 3.64. The number of rotatable bonds is 3. The van der Waals surface area contributed by atoms with Gasteiger partial charge in [-0.05, 0) is 49.3 Å². The quantitative estimate of drug-likeness (QED) is 0.657. The molecule has 1 fully saturated rings. The first-order valence-electron chi connectivity index (χ1n) is 7.24. The minimum absolute atomic E-state index is 0.358. The third kappa shape index (κ3) is 3.44. The molecule has 4 nitrogen and oxygen atoms in total. The van der Waals surface area contributed by atoms with Crippen LogP contribution in [-0.4, -0.2) is 19.1 Å². The maximum atomic E-state index is 11.5. The molecule has 0 radical (unpaired) electrons. The highest BCUT2D eigenvalue weighted by Crippen LogP contribution is 2.32. The van der Waals surface area contributed by atoms with Gasteiger partial charge in [0.25, 0.3) is 0 Å². The molecule has 0 aliphatic heterocycles. The lowest BCUT2D eigenvalue weighted by Crippen LogP contribution is -2.30. The van der Waals surface area contributed by atoms with Gasteiger partial charge in [-0.3, -0.25) is 0 Å². The van der Waals surface area contributed by atoms with E-state index in [1.165, 1.54) is 26.4 Å². The Morgan fingerprint density at radius 2 is 1.90 bits per heavy atom. The number of esters is 1. The molecule has 4 heteroatoms. The molecule has 2 rings (SSSR count). The molecule has 1 aliphatic carbocycles. The Morgan fingerprint density at radius 1 is 1.25 bits per heavy atom. The van der Waals surface area contributed by atoms with Crippen LogP contribution in [0.5, 0.6) is 0 Å². The molecule has 3 N–H and O–H groups in total. The van der Waals surface area contributed by atoms with Gasteiger partial charge in [-0.2, -0.15) is 0 Å². The number of methoxy groups -OCH3 is 1. The summed E-state index contributed by atoms with van der Waals surface area (Å²) < 4.78 is 4.69. The highest BCUT2D eigenvalue weighted by atomic mass is 16.5. The maximum Gasteiger partial charge on any atom is 0.337 e. The van der Waals surface area contributed by atoms with E-state index in [2.05, 4.69) is 19.2 Å². The van der Waals surface area contributed by atoms with Crippen molar-refractivity contribution in [1.29, 1.82) is 0 Å². The Kier molecular flexibility index (Phi) is 4.53. The van der Waals surface area contributed by atoms with Crippen LogP contribution in [0.25, 0.3) is 0 Å². The minimum atomic E-state index is -0.358. The van der Waals surface area contributed by atoms with Crippen molar-refractivity contribution >= 4 is 17.3 Å². The Hall–Kier alpha value is -1.71. The maximum absolute atomic E-state index is 11.5. The molecule has 110 valence electrons. The predicted octanol–water partition coefficient (Wildman–Crippen LogP) is 3.29. The van der Waals surface area contributed by atoms with Gasteiger partial charge < -0.3 is 15.8 Å². The fraction of sp³-hybridized carbons (Fsp3) is 0.562. The molecule has 0 heterocycles. The summed E-state index contributed by atoms with van der Waals surface area (Å²) in [6.45, 7) is 4.60. The first-order chi connectivity index (χ1) is 9.49. The summed E-state index contributed by atoms with van der Waals surface area (Å²) in [7, 11) is 1.37. The number of anilines is 2. The number of nitrogen functional groups attached to an aromatic ring is 1. The fourth-order valence-corrected chi connectivity index (χ4v) is 3.22. The van der Waals surface area contributed by atoms with Crippen LogP contribution >= 0.6 is 0 Å². The second kappa shape index (κ2) is 6.16. The van der Waals surface area contributed by atoms with E-state index in [9.17, 15) is 4.79 Å². The fourth-order valence-electron chi connectivity index (χ4n) is 3.22. The van der Waals surface area contributed by atoms with Crippen LogP contribution < -0.4 is 11.1 Å². The topological polar surface area (TPSA) is 64.3 Å². The molecule has 0 spiro atoms. The van der Waals surface area contributed by atoms with Crippen molar-refractivity contribution in [1.82, 2.24) is 0 Å². The first kappa shape index (κ1) is 14.7. The lowest BCUT2D eigenvalue weighted by Gasteiger charge is -2.33. The minimum Gasteiger partial charge on any atom is -0.465 e. The molecule has 0 amide bonds. The van der Waals surface area contributed by atoms with Gasteiger partial charge in [-0.15, -0.1) is 0 Å². The first-order valence-corrected chi connectivity index (χ1v) is 7.24. The van der Waals surface area contributed by atoms with Crippen LogP contribution in [0.4, 0.5) is 11.4 Å². The Balaban J connectivity index is 2.08. The van der Waals surface area contributed by atoms with Crippen LogP contribution in [-0.2, 0) is 4.74 Å². The molecule has 1 saturated carbocycles. The van der Waals surface area contributed by atoms with Gasteiger partial charge in [-0.1, -0.05) is 13.8 Å². The van der Waals surface area contributed by atoms with Gasteiger partial charge in [0.1, 0.15) is 0 Å². The van der Waals surface area contributed by atoms with E-state index in [-0.39, 0.29) is 5.97 Å². The highest BCUT2D eigenvalue weighted by Gasteiger charge is 2.24. The van der Waals surface area contributed by atoms with E-state index < -0.39 is 0 Å². The summed E-state index contributed by atoms with van der Waals surface area (Å²) in [4.78, 5) is 11.5. The zero-order chi connectivity index (χ0) is 14.7. The molecular weight excluding hydrogens is 252 g/mol. The normalized spacial score (nSPS) is 26.1. The van der Waals surface area contributed by atoms with Gasteiger partial charge >= 0.3 is 5.97 Å². The number of nitrogens with two attached hydrogens (primary N) is 1. The van der Waals surface area contributed by atoms with Crippen molar-refractivity contribution in [2.75, 3.05) is 18.2 Å². The van der Waals surface area contributed by atoms with E-state index in [0.29, 0.717) is 17.3 Å². The average Bonchev–Trinajstić information content (AvgIpc) is 2.39. The number of carbonyl (C=O) groups is 1. The van der Waals surface area contributed by atoms with E-state index in [0.717, 1.165) is 17.5 Å². The number of benzene rings is 1. The van der Waals surface area contributed by atoms with Crippen LogP contribution in [0.1, 0.15) is 43.5 Å². The van der Waals surface area contributed by atoms with Crippen LogP contribution in [0.3, 0.4) is 0 Å². The summed E-state index contributed by atoms with van der Waals surface area (Å²) >= 11 is 0. The second-order valence-corrected chi connectivity index (χ2v) is 6.05. The lowest BCUT2D eigenvalue weighted by molar-refractivity contribution is 0.0601. The molecule has 0 bridgehead atoms. The number of hydrogen-bond donors (Lipinski definition) is 2. The van der Waals surface area contributed by atoms with E-state index in [4.69, 9.17) is 10.5 Å². The van der Waals surface area contributed by atoms with Crippen molar-refractivity contribution in [2.24, 2.45) is 11.8 Å². The number of ether oxygens (including phenoxy) is 1. The zero-order valence-electron chi connectivity index (χ0n) is 12.5. The summed E-state index contributed by atoms with van der Waals surface area (Å²) in [5, 5.41) is 3.52. The Bertz CT molecular complexity index is 477. The van der Waals surface area contributed by atoms with Crippen molar-refractivity contribution in [2.45, 2.75) is 39.2 Å². The predicted molar refractivity (Wildman–Crippen MR) is 81.8 cm³/mol. The number of carbonyl (C=O) groups excluding carboxylic acids is 1. The SMILES string of the molecule is COC(=O)c1ccc(NC2CC(C)CC(C)C2)c(N)c1. The largest absolute Gasteiger partial charge is 0.465 e. The van der Waals surface area contributed by atoms with Crippen molar-refractivity contribution in [3.05, 3.63) is 23.8 Å². The molecule has 2 atom stereocenters. The van der Waals surface area contributed by atoms with Crippen molar-refractivity contribution in [3.63, 3.8) is 0 Å². The summed E-state index contributed by atoms with van der Waals surface area (Å²) in [6, 6.07) is 5.75. The number of nitrogens with one attached hydrogen (secondary N) is 1. The van der Waals surface area contributed by atoms with Crippen LogP contribution in [0.2, 0.25) is 0 Å². The summed E-state index contributed by atoms with van der Waals surface area (Å²) in [5.74, 6) is 1.13. The molecule has 2 unspecified atom stereocenters. The summed E-state index contributed by atoms with van der Waals surface area (Å²) in [5.41, 5.74) is 8.02. The van der Waals surface area contributed by atoms with E-state index in [1.807, 2.05) is 6.07 Å². The third-order valence-electron chi connectivity index (χ3n) is 4.01. The van der Waals surface area contributed by atoms with Crippen molar-refractivity contribution < 1.29 is 9.53 Å². The number of hydrogen-bond acceptors (Lipinski definition) is 4. The molecule has 20 heavy (non-hydrogen) atoms. The molecule has 0 saturated heterocycles. The van der Waals surface area contributed by atoms with Gasteiger partial charge in [0, 0.05) is 6.04 Å². The monoisotopic (exact) mass is 276 g/mol. The average molecular weight is 276 g/mol. The zero-order valence-corrected chi connectivity index (χ0v) is 12.5. The molecule has 1 aromatic rings. The molecular formula is C16H24N2O2. The van der Waals surface area contributed by atoms with Gasteiger partial charge in [0.05, 0.1) is 24.0 Å². The van der Waals surface area contributed by atoms with Crippen LogP contribution in [0, 0.1) is 11.8 Å². The smallest absolute Gasteiger partial charge is 0.337 e. The van der Waals surface area contributed by atoms with E-state index in [1.54, 1.807) is 12.1 Å². The molecule has 1 aliphatic rings. The molecule has 1 aromatic carbocycles. The second-order valence-electron chi connectivity index (χ2n) is 6.05. The Labute approximate surface area is 120 Å². The van der Waals surface area contributed by atoms with Gasteiger partial charge in [-0.25, -0.2) is 4.79 Å². The third-order valence-corrected chi connectivity index (χ3v) is 4.01. The molecule has 0 aromatic heterocycles. The Morgan fingerprint density at radius 3 is 2.45 bits per heavy atom. The van der Waals surface area contributed by atoms with Gasteiger partial charge in [0.2, 0.25) is 0 Å². The standard InChI is InChI=1S/C16H24N2O2/c1-10-6-11(2)8-13(7-10)18-15-5-4-12(9-14(15)17)16(19)20-3/h4-5,9-11,13,18H,6-8,17H2,1-3H3. The van der Waals surface area contributed by atoms with E-state index >= 15 is 0 Å². The van der Waals surface area contributed by atoms with Crippen molar-refractivity contribution in [3.8, 4) is 0 Å².